The molecular weight excluding hydrogens is 368 g/mol. The van der Waals surface area contributed by atoms with E-state index in [0.717, 1.165) is 0 Å². The molecule has 3 aliphatic rings. The molecule has 1 N–H and O–H groups in total. The molecule has 1 fully saturated rings. The number of aliphatic hydroxyl groups excluding tert-OH is 1. The largest absolute Gasteiger partial charge is 0.465 e. The van der Waals surface area contributed by atoms with Gasteiger partial charge in [0.25, 0.3) is 0 Å². The Morgan fingerprint density at radius 3 is 2.29 bits per heavy atom. The van der Waals surface area contributed by atoms with Crippen molar-refractivity contribution in [3.63, 3.8) is 0 Å². The number of Topliss-reactive ketones (excluding diaryl/α,β-unsaturated/α-hetero) is 1. The summed E-state index contributed by atoms with van der Waals surface area (Å²) < 4.78 is 26.3. The molecule has 0 aliphatic carbocycles. The highest BCUT2D eigenvalue weighted by Gasteiger charge is 2.46. The highest BCUT2D eigenvalue weighted by atomic mass is 16.7. The van der Waals surface area contributed by atoms with Crippen LogP contribution in [0.4, 0.5) is 0 Å². The van der Waals surface area contributed by atoms with Gasteiger partial charge < -0.3 is 28.8 Å². The van der Waals surface area contributed by atoms with Crippen LogP contribution in [0.3, 0.4) is 0 Å². The van der Waals surface area contributed by atoms with Gasteiger partial charge in [-0.05, 0) is 35.9 Å². The van der Waals surface area contributed by atoms with Crippen molar-refractivity contribution in [1.82, 2.24) is 0 Å². The van der Waals surface area contributed by atoms with Crippen LogP contribution in [-0.4, -0.2) is 37.1 Å². The minimum Gasteiger partial charge on any atom is -0.465 e. The SMILES string of the molecule is O=C1OC[C@H]([C@@H](O)c2ccc3c(c2)OCO3)[C@H]1C(=O)c1ccc2c(c1)OCO2. The summed E-state index contributed by atoms with van der Waals surface area (Å²) in [5.41, 5.74) is 0.826. The van der Waals surface area contributed by atoms with Crippen LogP contribution in [0.2, 0.25) is 0 Å². The number of benzene rings is 2. The average molecular weight is 384 g/mol. The fraction of sp³-hybridized carbons (Fsp3) is 0.300. The maximum atomic E-state index is 13.0. The van der Waals surface area contributed by atoms with Gasteiger partial charge in [-0.2, -0.15) is 0 Å². The predicted octanol–water partition coefficient (Wildman–Crippen LogP) is 1.85. The van der Waals surface area contributed by atoms with E-state index in [1.807, 2.05) is 0 Å². The lowest BCUT2D eigenvalue weighted by Gasteiger charge is -2.21. The van der Waals surface area contributed by atoms with E-state index in [1.165, 1.54) is 0 Å². The van der Waals surface area contributed by atoms with Crippen molar-refractivity contribution in [1.29, 1.82) is 0 Å². The summed E-state index contributed by atoms with van der Waals surface area (Å²) >= 11 is 0. The molecule has 0 bridgehead atoms. The van der Waals surface area contributed by atoms with E-state index in [2.05, 4.69) is 0 Å². The molecule has 0 spiro atoms. The van der Waals surface area contributed by atoms with Crippen LogP contribution in [-0.2, 0) is 9.53 Å². The van der Waals surface area contributed by atoms with Crippen LogP contribution in [0.1, 0.15) is 22.0 Å². The molecule has 1 saturated heterocycles. The summed E-state index contributed by atoms with van der Waals surface area (Å²) in [5.74, 6) is -0.805. The Morgan fingerprint density at radius 2 is 1.54 bits per heavy atom. The maximum absolute atomic E-state index is 13.0. The van der Waals surface area contributed by atoms with Crippen molar-refractivity contribution in [2.45, 2.75) is 6.10 Å². The number of fused-ring (bicyclic) bond motifs is 2. The molecule has 144 valence electrons. The van der Waals surface area contributed by atoms with Gasteiger partial charge in [0.05, 0.1) is 12.7 Å². The van der Waals surface area contributed by atoms with E-state index in [0.29, 0.717) is 34.1 Å². The van der Waals surface area contributed by atoms with Gasteiger partial charge in [0.1, 0.15) is 5.92 Å². The molecule has 8 heteroatoms. The highest BCUT2D eigenvalue weighted by molar-refractivity contribution is 6.10. The van der Waals surface area contributed by atoms with Gasteiger partial charge in [-0.25, -0.2) is 0 Å². The molecule has 3 aliphatic heterocycles. The number of hydrogen-bond donors (Lipinski definition) is 1. The second-order valence-electron chi connectivity index (χ2n) is 6.76. The molecule has 3 atom stereocenters. The summed E-state index contributed by atoms with van der Waals surface area (Å²) in [4.78, 5) is 25.3. The van der Waals surface area contributed by atoms with Gasteiger partial charge in [-0.1, -0.05) is 6.07 Å². The van der Waals surface area contributed by atoms with Crippen molar-refractivity contribution >= 4 is 11.8 Å². The normalized spacial score (nSPS) is 22.8. The zero-order chi connectivity index (χ0) is 19.3. The number of hydrogen-bond acceptors (Lipinski definition) is 8. The number of carbonyl (C=O) groups excluding carboxylic acids is 2. The van der Waals surface area contributed by atoms with Gasteiger partial charge in [0, 0.05) is 11.5 Å². The molecule has 0 amide bonds. The Labute approximate surface area is 159 Å². The van der Waals surface area contributed by atoms with Crippen LogP contribution in [0.5, 0.6) is 23.0 Å². The van der Waals surface area contributed by atoms with E-state index >= 15 is 0 Å². The van der Waals surface area contributed by atoms with Gasteiger partial charge >= 0.3 is 5.97 Å². The Bertz CT molecular complexity index is 969. The maximum Gasteiger partial charge on any atom is 0.317 e. The first-order valence-electron chi connectivity index (χ1n) is 8.80. The number of rotatable bonds is 4. The molecule has 28 heavy (non-hydrogen) atoms. The Kier molecular flexibility index (Phi) is 3.87. The van der Waals surface area contributed by atoms with Crippen molar-refractivity contribution < 1.29 is 38.4 Å². The number of ether oxygens (including phenoxy) is 5. The van der Waals surface area contributed by atoms with Crippen molar-refractivity contribution in [2.75, 3.05) is 20.2 Å². The number of aliphatic hydroxyl groups is 1. The summed E-state index contributed by atoms with van der Waals surface area (Å²) in [5, 5.41) is 10.9. The Morgan fingerprint density at radius 1 is 0.893 bits per heavy atom. The van der Waals surface area contributed by atoms with Gasteiger partial charge in [-0.15, -0.1) is 0 Å². The first-order chi connectivity index (χ1) is 13.6. The molecule has 8 nitrogen and oxygen atoms in total. The number of esters is 1. The fourth-order valence-corrected chi connectivity index (χ4v) is 3.69. The number of cyclic esters (lactones) is 1. The molecule has 0 aromatic heterocycles. The monoisotopic (exact) mass is 384 g/mol. The second kappa shape index (κ2) is 6.42. The molecule has 0 saturated carbocycles. The first kappa shape index (κ1) is 16.9. The van der Waals surface area contributed by atoms with Gasteiger partial charge in [0.15, 0.2) is 28.8 Å². The Hall–Kier alpha value is -3.26. The predicted molar refractivity (Wildman–Crippen MR) is 92.4 cm³/mol. The average Bonchev–Trinajstić information content (AvgIpc) is 3.44. The fourth-order valence-electron chi connectivity index (χ4n) is 3.69. The molecule has 0 unspecified atom stereocenters. The third kappa shape index (κ3) is 2.65. The third-order valence-corrected chi connectivity index (χ3v) is 5.18. The van der Waals surface area contributed by atoms with Crippen LogP contribution in [0.25, 0.3) is 0 Å². The van der Waals surface area contributed by atoms with E-state index in [4.69, 9.17) is 23.7 Å². The quantitative estimate of drug-likeness (QED) is 0.484. The van der Waals surface area contributed by atoms with Gasteiger partial charge in [0.2, 0.25) is 13.6 Å². The van der Waals surface area contributed by atoms with Gasteiger partial charge in [-0.3, -0.25) is 9.59 Å². The lowest BCUT2D eigenvalue weighted by atomic mass is 9.82. The van der Waals surface area contributed by atoms with E-state index in [1.54, 1.807) is 36.4 Å². The summed E-state index contributed by atoms with van der Waals surface area (Å²) in [6, 6.07) is 9.76. The standard InChI is InChI=1S/C20H16O8/c21-18(10-1-3-13-15(5-10)27-8-25-13)12-7-24-20(23)17(12)19(22)11-2-4-14-16(6-11)28-9-26-14/h1-6,12,17-18,21H,7-9H2/t12-,17-,18-/m0/s1. The number of carbonyl (C=O) groups is 2. The molecule has 5 rings (SSSR count). The van der Waals surface area contributed by atoms with E-state index < -0.39 is 29.7 Å². The highest BCUT2D eigenvalue weighted by Crippen LogP contribution is 2.41. The summed E-state index contributed by atoms with van der Waals surface area (Å²) in [6.07, 6.45) is -1.08. The van der Waals surface area contributed by atoms with Crippen LogP contribution < -0.4 is 18.9 Å². The topological polar surface area (TPSA) is 101 Å². The van der Waals surface area contributed by atoms with Crippen LogP contribution in [0, 0.1) is 11.8 Å². The third-order valence-electron chi connectivity index (χ3n) is 5.18. The summed E-state index contributed by atoms with van der Waals surface area (Å²) in [6.45, 7) is 0.157. The second-order valence-corrected chi connectivity index (χ2v) is 6.76. The Balaban J connectivity index is 1.43. The minimum atomic E-state index is -1.11. The minimum absolute atomic E-state index is 0.0462. The van der Waals surface area contributed by atoms with Crippen molar-refractivity contribution in [2.24, 2.45) is 11.8 Å². The zero-order valence-electron chi connectivity index (χ0n) is 14.6. The van der Waals surface area contributed by atoms with Crippen LogP contribution >= 0.6 is 0 Å². The lowest BCUT2D eigenvalue weighted by molar-refractivity contribution is -0.140. The first-order valence-corrected chi connectivity index (χ1v) is 8.80. The smallest absolute Gasteiger partial charge is 0.317 e. The lowest BCUT2D eigenvalue weighted by Crippen LogP contribution is -2.30. The van der Waals surface area contributed by atoms with E-state index in [-0.39, 0.29) is 20.2 Å². The zero-order valence-corrected chi connectivity index (χ0v) is 14.6. The molecule has 2 aromatic carbocycles. The van der Waals surface area contributed by atoms with Crippen LogP contribution in [0.15, 0.2) is 36.4 Å². The van der Waals surface area contributed by atoms with Crippen molar-refractivity contribution in [3.05, 3.63) is 47.5 Å². The molecule has 0 radical (unpaired) electrons. The van der Waals surface area contributed by atoms with E-state index in [9.17, 15) is 14.7 Å². The molecule has 2 aromatic rings. The molecule has 3 heterocycles. The summed E-state index contributed by atoms with van der Waals surface area (Å²) in [7, 11) is 0. The van der Waals surface area contributed by atoms with Crippen molar-refractivity contribution in [3.8, 4) is 23.0 Å². The molecular formula is C20H16O8. The number of ketones is 1.